The van der Waals surface area contributed by atoms with Gasteiger partial charge in [0.15, 0.2) is 0 Å². The standard InChI is InChI=1S/C18H16ClNO3/c19-17-15(10-6-11-16(17)21)9-4-5-12-20-18(22)23-13-14-7-2-1-3-8-14/h1-3,6-8,10-11,21H,5,12-13H2,(H,20,22). The van der Waals surface area contributed by atoms with Crippen LogP contribution < -0.4 is 5.32 Å². The Morgan fingerprint density at radius 1 is 1.17 bits per heavy atom. The summed E-state index contributed by atoms with van der Waals surface area (Å²) in [6.07, 6.45) is -0.0297. The Bertz CT molecular complexity index is 720. The summed E-state index contributed by atoms with van der Waals surface area (Å²) in [4.78, 5) is 11.5. The van der Waals surface area contributed by atoms with Crippen molar-refractivity contribution in [2.45, 2.75) is 13.0 Å². The van der Waals surface area contributed by atoms with Crippen LogP contribution in [-0.4, -0.2) is 17.7 Å². The Balaban J connectivity index is 1.70. The SMILES string of the molecule is O=C(NCCC#Cc1cccc(O)c1Cl)OCc1ccccc1. The predicted molar refractivity (Wildman–Crippen MR) is 89.2 cm³/mol. The number of hydrogen-bond acceptors (Lipinski definition) is 3. The molecular weight excluding hydrogens is 314 g/mol. The Morgan fingerprint density at radius 2 is 1.96 bits per heavy atom. The van der Waals surface area contributed by atoms with E-state index >= 15 is 0 Å². The lowest BCUT2D eigenvalue weighted by Crippen LogP contribution is -2.24. The van der Waals surface area contributed by atoms with Crippen molar-refractivity contribution < 1.29 is 14.6 Å². The van der Waals surface area contributed by atoms with Gasteiger partial charge in [-0.05, 0) is 17.7 Å². The van der Waals surface area contributed by atoms with E-state index in [0.29, 0.717) is 18.5 Å². The molecule has 0 radical (unpaired) electrons. The third-order valence-corrected chi connectivity index (χ3v) is 3.33. The molecule has 2 rings (SSSR count). The summed E-state index contributed by atoms with van der Waals surface area (Å²) in [6.45, 7) is 0.605. The van der Waals surface area contributed by atoms with Crippen LogP contribution in [-0.2, 0) is 11.3 Å². The van der Waals surface area contributed by atoms with Gasteiger partial charge in [-0.25, -0.2) is 4.79 Å². The number of hydrogen-bond donors (Lipinski definition) is 2. The lowest BCUT2D eigenvalue weighted by atomic mass is 10.2. The number of phenolic OH excluding ortho intramolecular Hbond substituents is 1. The van der Waals surface area contributed by atoms with E-state index in [1.165, 1.54) is 6.07 Å². The number of rotatable bonds is 4. The van der Waals surface area contributed by atoms with E-state index in [2.05, 4.69) is 17.2 Å². The van der Waals surface area contributed by atoms with Crippen LogP contribution in [0.3, 0.4) is 0 Å². The molecule has 1 amide bonds. The van der Waals surface area contributed by atoms with Crippen LogP contribution in [0, 0.1) is 11.8 Å². The number of alkyl carbamates (subject to hydrolysis) is 1. The predicted octanol–water partition coefficient (Wildman–Crippen LogP) is 3.71. The van der Waals surface area contributed by atoms with Crippen molar-refractivity contribution in [3.05, 3.63) is 64.7 Å². The number of phenols is 1. The van der Waals surface area contributed by atoms with E-state index in [-0.39, 0.29) is 17.4 Å². The topological polar surface area (TPSA) is 58.6 Å². The van der Waals surface area contributed by atoms with Crippen molar-refractivity contribution >= 4 is 17.7 Å². The molecule has 118 valence electrons. The van der Waals surface area contributed by atoms with Crippen molar-refractivity contribution in [1.82, 2.24) is 5.32 Å². The molecule has 2 aromatic rings. The second kappa shape index (κ2) is 8.72. The van der Waals surface area contributed by atoms with Gasteiger partial charge in [0.1, 0.15) is 12.4 Å². The first-order valence-electron chi connectivity index (χ1n) is 7.07. The average Bonchev–Trinajstić information content (AvgIpc) is 2.57. The third kappa shape index (κ3) is 5.57. The number of carbonyl (C=O) groups excluding carboxylic acids is 1. The van der Waals surface area contributed by atoms with Gasteiger partial charge < -0.3 is 15.2 Å². The second-order valence-electron chi connectivity index (χ2n) is 4.68. The number of ether oxygens (including phenoxy) is 1. The monoisotopic (exact) mass is 329 g/mol. The Labute approximate surface area is 140 Å². The maximum atomic E-state index is 11.5. The molecule has 0 saturated heterocycles. The first kappa shape index (κ1) is 16.7. The number of carbonyl (C=O) groups is 1. The molecule has 0 aliphatic carbocycles. The summed E-state index contributed by atoms with van der Waals surface area (Å²) in [5, 5.41) is 12.3. The van der Waals surface area contributed by atoms with Crippen molar-refractivity contribution in [1.29, 1.82) is 0 Å². The van der Waals surface area contributed by atoms with Crippen LogP contribution >= 0.6 is 11.6 Å². The molecule has 0 aliphatic rings. The summed E-state index contributed by atoms with van der Waals surface area (Å²) in [6, 6.07) is 14.3. The number of benzene rings is 2. The van der Waals surface area contributed by atoms with Crippen LogP contribution in [0.5, 0.6) is 5.75 Å². The number of halogens is 1. The van der Waals surface area contributed by atoms with E-state index in [4.69, 9.17) is 16.3 Å². The van der Waals surface area contributed by atoms with Crippen molar-refractivity contribution in [2.24, 2.45) is 0 Å². The average molecular weight is 330 g/mol. The van der Waals surface area contributed by atoms with Gasteiger partial charge >= 0.3 is 6.09 Å². The number of aromatic hydroxyl groups is 1. The van der Waals surface area contributed by atoms with Gasteiger partial charge in [-0.1, -0.05) is 59.8 Å². The minimum absolute atomic E-state index is 0.00100. The van der Waals surface area contributed by atoms with Crippen molar-refractivity contribution in [2.75, 3.05) is 6.54 Å². The highest BCUT2D eigenvalue weighted by Crippen LogP contribution is 2.25. The third-order valence-electron chi connectivity index (χ3n) is 2.93. The molecule has 0 heterocycles. The second-order valence-corrected chi connectivity index (χ2v) is 5.06. The minimum Gasteiger partial charge on any atom is -0.506 e. The first-order valence-corrected chi connectivity index (χ1v) is 7.45. The van der Waals surface area contributed by atoms with E-state index in [0.717, 1.165) is 5.56 Å². The van der Waals surface area contributed by atoms with Crippen LogP contribution in [0.25, 0.3) is 0 Å². The van der Waals surface area contributed by atoms with Crippen LogP contribution in [0.4, 0.5) is 4.79 Å². The van der Waals surface area contributed by atoms with Gasteiger partial charge in [0, 0.05) is 18.5 Å². The summed E-state index contributed by atoms with van der Waals surface area (Å²) in [5.41, 5.74) is 1.49. The molecule has 0 fully saturated rings. The highest BCUT2D eigenvalue weighted by molar-refractivity contribution is 6.33. The molecule has 2 aromatic carbocycles. The van der Waals surface area contributed by atoms with Gasteiger partial charge in [-0.3, -0.25) is 0 Å². The molecule has 0 unspecified atom stereocenters. The van der Waals surface area contributed by atoms with Gasteiger partial charge in [0.2, 0.25) is 0 Å². The maximum Gasteiger partial charge on any atom is 0.407 e. The fourth-order valence-electron chi connectivity index (χ4n) is 1.78. The maximum absolute atomic E-state index is 11.5. The molecule has 2 N–H and O–H groups in total. The number of nitrogens with one attached hydrogen (secondary N) is 1. The van der Waals surface area contributed by atoms with Gasteiger partial charge in [0.25, 0.3) is 0 Å². The normalized spacial score (nSPS) is 9.61. The highest BCUT2D eigenvalue weighted by Gasteiger charge is 2.02. The molecule has 4 nitrogen and oxygen atoms in total. The molecule has 0 saturated carbocycles. The van der Waals surface area contributed by atoms with Crippen molar-refractivity contribution in [3.8, 4) is 17.6 Å². The Morgan fingerprint density at radius 3 is 2.74 bits per heavy atom. The van der Waals surface area contributed by atoms with E-state index in [1.54, 1.807) is 12.1 Å². The van der Waals surface area contributed by atoms with Gasteiger partial charge in [-0.2, -0.15) is 0 Å². The Hall–Kier alpha value is -2.64. The lowest BCUT2D eigenvalue weighted by Gasteiger charge is -2.05. The fourth-order valence-corrected chi connectivity index (χ4v) is 1.95. The first-order chi connectivity index (χ1) is 11.2. The molecule has 0 aliphatic heterocycles. The van der Waals surface area contributed by atoms with Gasteiger partial charge in [-0.15, -0.1) is 0 Å². The van der Waals surface area contributed by atoms with E-state index < -0.39 is 6.09 Å². The highest BCUT2D eigenvalue weighted by atomic mass is 35.5. The van der Waals surface area contributed by atoms with Crippen LogP contribution in [0.15, 0.2) is 48.5 Å². The number of amides is 1. The zero-order chi connectivity index (χ0) is 16.5. The summed E-state index contributed by atoms with van der Waals surface area (Å²) >= 11 is 5.91. The van der Waals surface area contributed by atoms with Crippen LogP contribution in [0.1, 0.15) is 17.5 Å². The summed E-state index contributed by atoms with van der Waals surface area (Å²) in [7, 11) is 0. The molecular formula is C18H16ClNO3. The largest absolute Gasteiger partial charge is 0.506 e. The van der Waals surface area contributed by atoms with Crippen molar-refractivity contribution in [3.63, 3.8) is 0 Å². The zero-order valence-corrected chi connectivity index (χ0v) is 13.1. The quantitative estimate of drug-likeness (QED) is 0.664. The molecule has 0 atom stereocenters. The summed E-state index contributed by atoms with van der Waals surface area (Å²) < 4.78 is 5.08. The molecule has 23 heavy (non-hydrogen) atoms. The Kier molecular flexibility index (Phi) is 6.34. The van der Waals surface area contributed by atoms with E-state index in [9.17, 15) is 9.90 Å². The lowest BCUT2D eigenvalue weighted by molar-refractivity contribution is 0.140. The summed E-state index contributed by atoms with van der Waals surface area (Å²) in [5.74, 6) is 5.74. The molecule has 0 spiro atoms. The van der Waals surface area contributed by atoms with Crippen LogP contribution in [0.2, 0.25) is 5.02 Å². The minimum atomic E-state index is -0.481. The molecule has 5 heteroatoms. The molecule has 0 bridgehead atoms. The van der Waals surface area contributed by atoms with Gasteiger partial charge in [0.05, 0.1) is 5.02 Å². The molecule has 0 aromatic heterocycles. The smallest absolute Gasteiger partial charge is 0.407 e. The zero-order valence-electron chi connectivity index (χ0n) is 12.4. The fraction of sp³-hybridized carbons (Fsp3) is 0.167. The van der Waals surface area contributed by atoms with E-state index in [1.807, 2.05) is 30.3 Å².